The van der Waals surface area contributed by atoms with Crippen LogP contribution in [0.1, 0.15) is 12.5 Å². The Balaban J connectivity index is 1.42. The highest BCUT2D eigenvalue weighted by Gasteiger charge is 2.75. The molecule has 1 aromatic carbocycles. The monoisotopic (exact) mass is 497 g/mol. The molecule has 0 saturated heterocycles. The number of amides is 1. The molecule has 0 bridgehead atoms. The summed E-state index contributed by atoms with van der Waals surface area (Å²) in [6.07, 6.45) is 0.953. The summed E-state index contributed by atoms with van der Waals surface area (Å²) in [7, 11) is 3.15. The Morgan fingerprint density at radius 3 is 2.72 bits per heavy atom. The first-order valence-corrected chi connectivity index (χ1v) is 11.2. The van der Waals surface area contributed by atoms with E-state index in [4.69, 9.17) is 0 Å². The first kappa shape index (κ1) is 22.4. The van der Waals surface area contributed by atoms with Crippen molar-refractivity contribution in [2.24, 2.45) is 11.3 Å². The fourth-order valence-electron chi connectivity index (χ4n) is 5.34. The SMILES string of the molecule is CNC(=O)[C@@]12C[C@@H]1[C@@H](n1cnc3c(NC)nc(-n4cc(-c5ccc(F)c(F)c5)nn4)nc31)[C@H](O)[C@@H]2O. The molecule has 6 rings (SSSR count). The molecule has 0 aliphatic heterocycles. The van der Waals surface area contributed by atoms with E-state index in [2.05, 4.69) is 35.9 Å². The molecule has 1 amide bonds. The number of halogens is 2. The molecule has 2 aliphatic rings. The van der Waals surface area contributed by atoms with E-state index in [9.17, 15) is 23.8 Å². The van der Waals surface area contributed by atoms with Crippen LogP contribution in [0.3, 0.4) is 0 Å². The zero-order valence-electron chi connectivity index (χ0n) is 19.1. The smallest absolute Gasteiger partial charge is 0.256 e. The number of anilines is 1. The maximum absolute atomic E-state index is 13.7. The maximum Gasteiger partial charge on any atom is 0.256 e. The lowest BCUT2D eigenvalue weighted by Crippen LogP contribution is -2.41. The van der Waals surface area contributed by atoms with Gasteiger partial charge in [0.05, 0.1) is 30.1 Å². The highest BCUT2D eigenvalue weighted by molar-refractivity contribution is 5.88. The number of fused-ring (bicyclic) bond motifs is 2. The molecular formula is C22H21F2N9O3. The Labute approximate surface area is 202 Å². The van der Waals surface area contributed by atoms with Crippen molar-refractivity contribution in [3.8, 4) is 17.2 Å². The van der Waals surface area contributed by atoms with E-state index in [1.165, 1.54) is 30.3 Å². The second-order valence-electron chi connectivity index (χ2n) is 8.98. The predicted molar refractivity (Wildman–Crippen MR) is 121 cm³/mol. The molecule has 14 heteroatoms. The summed E-state index contributed by atoms with van der Waals surface area (Å²) in [4.78, 5) is 25.9. The van der Waals surface area contributed by atoms with E-state index >= 15 is 0 Å². The third-order valence-electron chi connectivity index (χ3n) is 7.20. The van der Waals surface area contributed by atoms with Crippen molar-refractivity contribution in [1.29, 1.82) is 0 Å². The molecule has 186 valence electrons. The van der Waals surface area contributed by atoms with E-state index < -0.39 is 35.3 Å². The van der Waals surface area contributed by atoms with Gasteiger partial charge >= 0.3 is 0 Å². The number of nitrogens with one attached hydrogen (secondary N) is 2. The number of carbonyl (C=O) groups is 1. The molecule has 3 aromatic heterocycles. The minimum absolute atomic E-state index is 0.108. The van der Waals surface area contributed by atoms with Crippen LogP contribution in [0.2, 0.25) is 0 Å². The third kappa shape index (κ3) is 2.97. The molecule has 4 N–H and O–H groups in total. The van der Waals surface area contributed by atoms with E-state index in [1.54, 1.807) is 11.6 Å². The highest BCUT2D eigenvalue weighted by atomic mass is 19.2. The van der Waals surface area contributed by atoms with E-state index in [1.807, 2.05) is 0 Å². The second kappa shape index (κ2) is 7.73. The van der Waals surface area contributed by atoms with Gasteiger partial charge in [-0.1, -0.05) is 5.21 Å². The van der Waals surface area contributed by atoms with Crippen LogP contribution in [-0.2, 0) is 4.79 Å². The first-order chi connectivity index (χ1) is 17.3. The van der Waals surface area contributed by atoms with Crippen molar-refractivity contribution in [3.05, 3.63) is 42.4 Å². The third-order valence-corrected chi connectivity index (χ3v) is 7.20. The Hall–Kier alpha value is -4.04. The molecule has 0 unspecified atom stereocenters. The second-order valence-corrected chi connectivity index (χ2v) is 8.98. The van der Waals surface area contributed by atoms with Gasteiger partial charge in [0.2, 0.25) is 5.91 Å². The van der Waals surface area contributed by atoms with Crippen LogP contribution in [0, 0.1) is 23.0 Å². The largest absolute Gasteiger partial charge is 0.389 e. The van der Waals surface area contributed by atoms with Gasteiger partial charge < -0.3 is 25.4 Å². The summed E-state index contributed by atoms with van der Waals surface area (Å²) in [5, 5.41) is 35.2. The quantitative estimate of drug-likeness (QED) is 0.307. The number of hydrogen-bond donors (Lipinski definition) is 4. The fourth-order valence-corrected chi connectivity index (χ4v) is 5.34. The number of aliphatic hydroxyl groups excluding tert-OH is 2. The summed E-state index contributed by atoms with van der Waals surface area (Å²) < 4.78 is 29.9. The molecule has 4 aromatic rings. The lowest BCUT2D eigenvalue weighted by Gasteiger charge is -2.23. The number of rotatable bonds is 5. The molecular weight excluding hydrogens is 476 g/mol. The first-order valence-electron chi connectivity index (χ1n) is 11.2. The zero-order chi connectivity index (χ0) is 25.4. The molecule has 5 atom stereocenters. The summed E-state index contributed by atoms with van der Waals surface area (Å²) in [6.45, 7) is 0. The zero-order valence-corrected chi connectivity index (χ0v) is 19.1. The van der Waals surface area contributed by atoms with Gasteiger partial charge in [-0.2, -0.15) is 14.6 Å². The molecule has 36 heavy (non-hydrogen) atoms. The molecule has 2 fully saturated rings. The Kier molecular flexibility index (Phi) is 4.82. The van der Waals surface area contributed by atoms with Crippen molar-refractivity contribution in [1.82, 2.24) is 39.8 Å². The van der Waals surface area contributed by atoms with Gasteiger partial charge in [-0.3, -0.25) is 4.79 Å². The van der Waals surface area contributed by atoms with Crippen LogP contribution in [-0.4, -0.2) is 76.9 Å². The number of benzene rings is 1. The summed E-state index contributed by atoms with van der Waals surface area (Å²) in [5.41, 5.74) is 0.317. The van der Waals surface area contributed by atoms with Gasteiger partial charge in [0.1, 0.15) is 11.8 Å². The van der Waals surface area contributed by atoms with E-state index in [0.29, 0.717) is 29.0 Å². The summed E-state index contributed by atoms with van der Waals surface area (Å²) >= 11 is 0. The average Bonchev–Trinajstić information content (AvgIpc) is 3.16. The molecule has 2 aliphatic carbocycles. The van der Waals surface area contributed by atoms with Crippen LogP contribution >= 0.6 is 0 Å². The number of aromatic nitrogens is 7. The summed E-state index contributed by atoms with van der Waals surface area (Å²) in [6, 6.07) is 2.76. The van der Waals surface area contributed by atoms with Gasteiger partial charge in [-0.25, -0.2) is 13.8 Å². The summed E-state index contributed by atoms with van der Waals surface area (Å²) in [5.74, 6) is -2.11. The van der Waals surface area contributed by atoms with Crippen molar-refractivity contribution in [2.45, 2.75) is 24.7 Å². The fraction of sp³-hybridized carbons (Fsp3) is 0.364. The molecule has 2 saturated carbocycles. The van der Waals surface area contributed by atoms with Crippen molar-refractivity contribution < 1.29 is 23.8 Å². The van der Waals surface area contributed by atoms with Crippen LogP contribution in [0.15, 0.2) is 30.7 Å². The van der Waals surface area contributed by atoms with E-state index in [0.717, 1.165) is 12.1 Å². The Bertz CT molecular complexity index is 1520. The minimum atomic E-state index is -1.23. The van der Waals surface area contributed by atoms with Gasteiger partial charge in [-0.05, 0) is 24.6 Å². The maximum atomic E-state index is 13.7. The minimum Gasteiger partial charge on any atom is -0.389 e. The average molecular weight is 497 g/mol. The lowest BCUT2D eigenvalue weighted by atomic mass is 9.98. The van der Waals surface area contributed by atoms with Gasteiger partial charge in [-0.15, -0.1) is 5.10 Å². The topological polar surface area (TPSA) is 156 Å². The normalized spacial score (nSPS) is 26.7. The van der Waals surface area contributed by atoms with E-state index in [-0.39, 0.29) is 23.5 Å². The number of imidazole rings is 1. The van der Waals surface area contributed by atoms with Crippen molar-refractivity contribution in [3.63, 3.8) is 0 Å². The Morgan fingerprint density at radius 1 is 1.19 bits per heavy atom. The molecule has 0 spiro atoms. The molecule has 0 radical (unpaired) electrons. The van der Waals surface area contributed by atoms with Crippen LogP contribution < -0.4 is 10.6 Å². The molecule has 12 nitrogen and oxygen atoms in total. The number of aliphatic hydroxyl groups is 2. The van der Waals surface area contributed by atoms with Crippen LogP contribution in [0.4, 0.5) is 14.6 Å². The highest BCUT2D eigenvalue weighted by Crippen LogP contribution is 2.67. The number of hydrogen-bond acceptors (Lipinski definition) is 9. The van der Waals surface area contributed by atoms with Gasteiger partial charge in [0, 0.05) is 25.6 Å². The lowest BCUT2D eigenvalue weighted by molar-refractivity contribution is -0.132. The molecule has 3 heterocycles. The Morgan fingerprint density at radius 2 is 2.00 bits per heavy atom. The standard InChI is InChI=1S/C22H21F2N9O3/c1-25-18-14-19(32(8-27-14)15-10-6-22(10,20(36)26-2)17(35)16(15)34)29-21(28-18)33-7-13(30-31-33)9-3-4-11(23)12(24)5-9/h3-5,7-8,10,15-17,34-35H,6H2,1-2H3,(H,26,36)(H,25,28,29)/t10-,15-,16+,17+,22+/m1/s1. The number of nitrogens with zero attached hydrogens (tertiary/aromatic N) is 7. The van der Waals surface area contributed by atoms with Crippen molar-refractivity contribution >= 4 is 22.9 Å². The van der Waals surface area contributed by atoms with Gasteiger partial charge in [0.25, 0.3) is 5.95 Å². The predicted octanol–water partition coefficient (Wildman–Crippen LogP) is 0.423. The number of carbonyl (C=O) groups excluding carboxylic acids is 1. The van der Waals surface area contributed by atoms with Crippen LogP contribution in [0.5, 0.6) is 0 Å². The van der Waals surface area contributed by atoms with Crippen molar-refractivity contribution in [2.75, 3.05) is 19.4 Å². The van der Waals surface area contributed by atoms with Gasteiger partial charge in [0.15, 0.2) is 28.6 Å². The van der Waals surface area contributed by atoms with Crippen LogP contribution in [0.25, 0.3) is 28.4 Å².